The largest absolute Gasteiger partial charge is 0.496 e. The third-order valence-electron chi connectivity index (χ3n) is 3.56. The maximum Gasteiger partial charge on any atom is 0.137 e. The first-order valence-electron chi connectivity index (χ1n) is 6.76. The summed E-state index contributed by atoms with van der Waals surface area (Å²) in [5.74, 6) is 1.56. The van der Waals surface area contributed by atoms with Crippen molar-refractivity contribution in [2.24, 2.45) is 0 Å². The molecule has 0 radical (unpaired) electrons. The van der Waals surface area contributed by atoms with Crippen molar-refractivity contribution in [3.8, 4) is 11.5 Å². The van der Waals surface area contributed by atoms with Crippen LogP contribution in [0.1, 0.15) is 22.7 Å². The second-order valence-corrected chi connectivity index (χ2v) is 5.25. The summed E-state index contributed by atoms with van der Waals surface area (Å²) in [5.41, 5.74) is 3.32. The number of hydrogen-bond donors (Lipinski definition) is 1. The molecule has 2 aromatic rings. The lowest BCUT2D eigenvalue weighted by Crippen LogP contribution is -2.17. The van der Waals surface area contributed by atoms with Crippen LogP contribution in [-0.4, -0.2) is 21.3 Å². The quantitative estimate of drug-likeness (QED) is 0.906. The SMILES string of the molecule is CNC(c1ccc(OC)c(Cl)c1)c1ccc(C)c(OC)c1. The Labute approximate surface area is 130 Å². The van der Waals surface area contributed by atoms with E-state index in [0.29, 0.717) is 10.8 Å². The minimum Gasteiger partial charge on any atom is -0.496 e. The van der Waals surface area contributed by atoms with Crippen molar-refractivity contribution >= 4 is 11.6 Å². The van der Waals surface area contributed by atoms with Crippen molar-refractivity contribution in [1.29, 1.82) is 0 Å². The molecular weight excluding hydrogens is 286 g/mol. The first-order valence-corrected chi connectivity index (χ1v) is 7.13. The van der Waals surface area contributed by atoms with Gasteiger partial charge in [0.05, 0.1) is 25.3 Å². The van der Waals surface area contributed by atoms with Crippen LogP contribution in [0.3, 0.4) is 0 Å². The second kappa shape index (κ2) is 6.83. The highest BCUT2D eigenvalue weighted by Gasteiger charge is 2.15. The van der Waals surface area contributed by atoms with Crippen molar-refractivity contribution < 1.29 is 9.47 Å². The van der Waals surface area contributed by atoms with E-state index in [1.807, 2.05) is 32.2 Å². The Morgan fingerprint density at radius 3 is 2.14 bits per heavy atom. The van der Waals surface area contributed by atoms with Gasteiger partial charge in [0.25, 0.3) is 0 Å². The summed E-state index contributed by atoms with van der Waals surface area (Å²) < 4.78 is 10.6. The molecule has 2 aromatic carbocycles. The van der Waals surface area contributed by atoms with Gasteiger partial charge < -0.3 is 14.8 Å². The van der Waals surface area contributed by atoms with E-state index in [2.05, 4.69) is 23.5 Å². The van der Waals surface area contributed by atoms with Crippen LogP contribution < -0.4 is 14.8 Å². The van der Waals surface area contributed by atoms with E-state index >= 15 is 0 Å². The predicted octanol–water partition coefficient (Wildman–Crippen LogP) is 3.97. The third kappa shape index (κ3) is 3.31. The molecule has 0 aliphatic heterocycles. The van der Waals surface area contributed by atoms with E-state index in [-0.39, 0.29) is 6.04 Å². The van der Waals surface area contributed by atoms with Gasteiger partial charge in [0.15, 0.2) is 0 Å². The van der Waals surface area contributed by atoms with Gasteiger partial charge >= 0.3 is 0 Å². The van der Waals surface area contributed by atoms with Gasteiger partial charge in [0.2, 0.25) is 0 Å². The van der Waals surface area contributed by atoms with Crippen LogP contribution >= 0.6 is 11.6 Å². The molecule has 0 bridgehead atoms. The zero-order valence-electron chi connectivity index (χ0n) is 12.7. The third-order valence-corrected chi connectivity index (χ3v) is 3.86. The van der Waals surface area contributed by atoms with E-state index in [1.165, 1.54) is 0 Å². The molecule has 0 aliphatic rings. The molecule has 1 N–H and O–H groups in total. The van der Waals surface area contributed by atoms with E-state index in [9.17, 15) is 0 Å². The molecule has 0 aromatic heterocycles. The zero-order valence-corrected chi connectivity index (χ0v) is 13.5. The van der Waals surface area contributed by atoms with Crippen molar-refractivity contribution in [3.63, 3.8) is 0 Å². The molecule has 1 atom stereocenters. The lowest BCUT2D eigenvalue weighted by atomic mass is 9.97. The summed E-state index contributed by atoms with van der Waals surface area (Å²) in [6, 6.07) is 12.1. The maximum atomic E-state index is 6.22. The molecule has 2 rings (SSSR count). The predicted molar refractivity (Wildman–Crippen MR) is 86.6 cm³/mol. The smallest absolute Gasteiger partial charge is 0.137 e. The molecule has 0 heterocycles. The highest BCUT2D eigenvalue weighted by atomic mass is 35.5. The molecule has 3 nitrogen and oxygen atoms in total. The van der Waals surface area contributed by atoms with Crippen molar-refractivity contribution in [1.82, 2.24) is 5.32 Å². The van der Waals surface area contributed by atoms with Gasteiger partial charge in [-0.25, -0.2) is 0 Å². The fraction of sp³-hybridized carbons (Fsp3) is 0.294. The first kappa shape index (κ1) is 15.7. The van der Waals surface area contributed by atoms with Gasteiger partial charge in [-0.3, -0.25) is 0 Å². The van der Waals surface area contributed by atoms with Crippen LogP contribution in [-0.2, 0) is 0 Å². The summed E-state index contributed by atoms with van der Waals surface area (Å²) in [7, 11) is 5.22. The molecule has 0 saturated carbocycles. The van der Waals surface area contributed by atoms with Crippen LogP contribution in [0.2, 0.25) is 5.02 Å². The highest BCUT2D eigenvalue weighted by Crippen LogP contribution is 2.32. The molecular formula is C17H20ClNO2. The Kier molecular flexibility index (Phi) is 5.10. The fourth-order valence-corrected chi connectivity index (χ4v) is 2.67. The molecule has 0 aliphatic carbocycles. The number of rotatable bonds is 5. The van der Waals surface area contributed by atoms with Gasteiger partial charge in [-0.1, -0.05) is 29.8 Å². The normalized spacial score (nSPS) is 12.0. The standard InChI is InChI=1S/C17H20ClNO2/c1-11-5-6-13(10-16(11)21-4)17(19-2)12-7-8-15(20-3)14(18)9-12/h5-10,17,19H,1-4H3. The number of hydrogen-bond acceptors (Lipinski definition) is 3. The van der Waals surface area contributed by atoms with Crippen LogP contribution in [0, 0.1) is 6.92 Å². The number of halogens is 1. The topological polar surface area (TPSA) is 30.5 Å². The molecule has 0 saturated heterocycles. The minimum atomic E-state index is 0.0444. The number of benzene rings is 2. The number of methoxy groups -OCH3 is 2. The van der Waals surface area contributed by atoms with E-state index in [0.717, 1.165) is 22.4 Å². The van der Waals surface area contributed by atoms with E-state index in [4.69, 9.17) is 21.1 Å². The van der Waals surface area contributed by atoms with Crippen LogP contribution in [0.5, 0.6) is 11.5 Å². The second-order valence-electron chi connectivity index (χ2n) is 4.84. The lowest BCUT2D eigenvalue weighted by molar-refractivity contribution is 0.410. The van der Waals surface area contributed by atoms with E-state index in [1.54, 1.807) is 14.2 Å². The van der Waals surface area contributed by atoms with Gasteiger partial charge in [0, 0.05) is 0 Å². The Bertz CT molecular complexity index is 628. The number of nitrogens with one attached hydrogen (secondary N) is 1. The molecule has 0 fully saturated rings. The van der Waals surface area contributed by atoms with Crippen molar-refractivity contribution in [2.45, 2.75) is 13.0 Å². The van der Waals surface area contributed by atoms with Crippen LogP contribution in [0.25, 0.3) is 0 Å². The molecule has 112 valence electrons. The molecule has 4 heteroatoms. The summed E-state index contributed by atoms with van der Waals surface area (Å²) in [5, 5.41) is 3.92. The lowest BCUT2D eigenvalue weighted by Gasteiger charge is -2.19. The summed E-state index contributed by atoms with van der Waals surface area (Å²) in [4.78, 5) is 0. The molecule has 0 amide bonds. The first-order chi connectivity index (χ1) is 10.1. The maximum absolute atomic E-state index is 6.22. The zero-order chi connectivity index (χ0) is 15.4. The number of ether oxygens (including phenoxy) is 2. The minimum absolute atomic E-state index is 0.0444. The van der Waals surface area contributed by atoms with Gasteiger partial charge in [-0.05, 0) is 48.9 Å². The van der Waals surface area contributed by atoms with Crippen LogP contribution in [0.15, 0.2) is 36.4 Å². The van der Waals surface area contributed by atoms with E-state index < -0.39 is 0 Å². The summed E-state index contributed by atoms with van der Waals surface area (Å²) >= 11 is 6.22. The monoisotopic (exact) mass is 305 g/mol. The number of aryl methyl sites for hydroxylation is 1. The van der Waals surface area contributed by atoms with Gasteiger partial charge in [-0.15, -0.1) is 0 Å². The molecule has 1 unspecified atom stereocenters. The Morgan fingerprint density at radius 2 is 1.57 bits per heavy atom. The average molecular weight is 306 g/mol. The van der Waals surface area contributed by atoms with Gasteiger partial charge in [-0.2, -0.15) is 0 Å². The molecule has 0 spiro atoms. The fourth-order valence-electron chi connectivity index (χ4n) is 2.40. The summed E-state index contributed by atoms with van der Waals surface area (Å²) in [6.45, 7) is 2.03. The Balaban J connectivity index is 2.41. The molecule has 21 heavy (non-hydrogen) atoms. The van der Waals surface area contributed by atoms with Crippen LogP contribution in [0.4, 0.5) is 0 Å². The van der Waals surface area contributed by atoms with Crippen molar-refractivity contribution in [3.05, 3.63) is 58.1 Å². The van der Waals surface area contributed by atoms with Gasteiger partial charge in [0.1, 0.15) is 11.5 Å². The average Bonchev–Trinajstić information content (AvgIpc) is 2.49. The summed E-state index contributed by atoms with van der Waals surface area (Å²) in [6.07, 6.45) is 0. The Morgan fingerprint density at radius 1 is 0.952 bits per heavy atom. The van der Waals surface area contributed by atoms with Crippen molar-refractivity contribution in [2.75, 3.05) is 21.3 Å². The highest BCUT2D eigenvalue weighted by molar-refractivity contribution is 6.32. The Hall–Kier alpha value is -1.71.